The van der Waals surface area contributed by atoms with Gasteiger partial charge in [-0.25, -0.2) is 0 Å². The molecule has 0 bridgehead atoms. The molecule has 1 nitrogen and oxygen atoms in total. The number of nitrogens with zero attached hydrogens (tertiary/aromatic N) is 1. The molecule has 0 radical (unpaired) electrons. The lowest BCUT2D eigenvalue weighted by Crippen LogP contribution is -2.29. The van der Waals surface area contributed by atoms with Crippen LogP contribution in [-0.4, -0.2) is 5.71 Å². The van der Waals surface area contributed by atoms with Gasteiger partial charge >= 0.3 is 0 Å². The van der Waals surface area contributed by atoms with Crippen LogP contribution in [0.4, 0.5) is 0 Å². The summed E-state index contributed by atoms with van der Waals surface area (Å²) in [6.45, 7) is 19.5. The Morgan fingerprint density at radius 2 is 0.762 bits per heavy atom. The highest BCUT2D eigenvalue weighted by Gasteiger charge is 2.12. The van der Waals surface area contributed by atoms with Crippen LogP contribution >= 0.6 is 0 Å². The molecule has 0 saturated carbocycles. The highest BCUT2D eigenvalue weighted by molar-refractivity contribution is 6.01. The summed E-state index contributed by atoms with van der Waals surface area (Å²) in [5, 5.41) is 6.56. The Balaban J connectivity index is 1.38. The van der Waals surface area contributed by atoms with Crippen LogP contribution in [0.1, 0.15) is 54.2 Å². The van der Waals surface area contributed by atoms with Gasteiger partial charge in [-0.15, -0.1) is 0 Å². The Labute approximate surface area is 371 Å². The summed E-state index contributed by atoms with van der Waals surface area (Å²) in [7, 11) is 0. The molecule has 0 aliphatic heterocycles. The fourth-order valence-electron chi connectivity index (χ4n) is 8.39. The van der Waals surface area contributed by atoms with E-state index in [1.165, 1.54) is 11.1 Å². The summed E-state index contributed by atoms with van der Waals surface area (Å²) in [5.41, 5.74) is 15.3. The second-order valence-electron chi connectivity index (χ2n) is 15.8. The Bertz CT molecular complexity index is 3230. The van der Waals surface area contributed by atoms with E-state index >= 15 is 0 Å². The summed E-state index contributed by atoms with van der Waals surface area (Å²) in [4.78, 5) is 5.26. The lowest BCUT2D eigenvalue weighted by molar-refractivity contribution is 1.38. The van der Waals surface area contributed by atoms with Gasteiger partial charge in [0.25, 0.3) is 0 Å². The summed E-state index contributed by atoms with van der Waals surface area (Å²) in [6, 6.07) is 72.8. The van der Waals surface area contributed by atoms with E-state index in [0.717, 1.165) is 98.4 Å². The molecule has 304 valence electrons. The number of aliphatic imine (C=N–C) groups is 1. The van der Waals surface area contributed by atoms with E-state index < -0.39 is 0 Å². The molecule has 0 aliphatic carbocycles. The van der Waals surface area contributed by atoms with Crippen LogP contribution in [0.3, 0.4) is 0 Å². The zero-order valence-corrected chi connectivity index (χ0v) is 36.4. The van der Waals surface area contributed by atoms with Crippen molar-refractivity contribution in [2.24, 2.45) is 4.99 Å². The van der Waals surface area contributed by atoms with Crippen LogP contribution in [0.25, 0.3) is 45.7 Å². The highest BCUT2D eigenvalue weighted by atomic mass is 14.8. The van der Waals surface area contributed by atoms with E-state index in [2.05, 4.69) is 229 Å². The van der Waals surface area contributed by atoms with E-state index in [-0.39, 0.29) is 0 Å². The van der Waals surface area contributed by atoms with E-state index in [1.807, 2.05) is 30.4 Å². The molecule has 0 N–H and O–H groups in total. The summed E-state index contributed by atoms with van der Waals surface area (Å²) in [6.07, 6.45) is 3.95. The molecule has 0 unspecified atom stereocenters. The first-order valence-electron chi connectivity index (χ1n) is 21.5. The average Bonchev–Trinajstić information content (AvgIpc) is 3.34. The Morgan fingerprint density at radius 1 is 0.365 bits per heavy atom. The van der Waals surface area contributed by atoms with Crippen LogP contribution < -0.4 is 31.3 Å². The molecule has 0 atom stereocenters. The van der Waals surface area contributed by atoms with E-state index in [0.29, 0.717) is 0 Å². The van der Waals surface area contributed by atoms with Crippen LogP contribution in [0.15, 0.2) is 237 Å². The molecule has 8 aromatic rings. The minimum Gasteiger partial charge on any atom is -0.252 e. The van der Waals surface area contributed by atoms with Crippen molar-refractivity contribution in [3.63, 3.8) is 0 Å². The molecule has 0 spiro atoms. The van der Waals surface area contributed by atoms with Gasteiger partial charge in [0, 0.05) is 16.5 Å². The summed E-state index contributed by atoms with van der Waals surface area (Å²) in [5.74, 6) is 0. The molecule has 0 saturated heterocycles. The fourth-order valence-corrected chi connectivity index (χ4v) is 8.39. The molecule has 1 heteroatoms. The first-order valence-corrected chi connectivity index (χ1v) is 21.5. The van der Waals surface area contributed by atoms with Crippen LogP contribution in [0.5, 0.6) is 0 Å². The number of rotatable bonds is 10. The number of allylic oxidation sites excluding steroid dienone is 2. The fraction of sp³-hybridized carbons (Fsp3) is 0.0484. The van der Waals surface area contributed by atoms with Gasteiger partial charge in [-0.3, -0.25) is 4.99 Å². The maximum atomic E-state index is 5.26. The molecular formula is C62H51N. The van der Waals surface area contributed by atoms with Crippen molar-refractivity contribution in [2.75, 3.05) is 0 Å². The molecule has 63 heavy (non-hydrogen) atoms. The molecule has 8 rings (SSSR count). The molecular weight excluding hydrogens is 759 g/mol. The lowest BCUT2D eigenvalue weighted by Gasteiger charge is -2.14. The highest BCUT2D eigenvalue weighted by Crippen LogP contribution is 2.29. The molecule has 0 aliphatic rings. The maximum absolute atomic E-state index is 5.26. The van der Waals surface area contributed by atoms with Crippen molar-refractivity contribution in [1.29, 1.82) is 0 Å². The predicted octanol–water partition coefficient (Wildman–Crippen LogP) is 10.6. The van der Waals surface area contributed by atoms with Crippen molar-refractivity contribution in [2.45, 2.75) is 20.8 Å². The third kappa shape index (κ3) is 9.10. The lowest BCUT2D eigenvalue weighted by atomic mass is 9.90. The van der Waals surface area contributed by atoms with Crippen LogP contribution in [0.2, 0.25) is 0 Å². The third-order valence-electron chi connectivity index (χ3n) is 11.9. The van der Waals surface area contributed by atoms with Gasteiger partial charge in [0.2, 0.25) is 0 Å². The van der Waals surface area contributed by atoms with Crippen molar-refractivity contribution in [3.05, 3.63) is 296 Å². The SMILES string of the molecule is C=C/C(c1ccccc1)=c1/cccc/c1=C(/C)c1cc(/C(C)=c2\cccc\c2=C(\C=C)c2ccccc2)cc(-c2ccc(/C(N=C(C)c3ccccc3)=c3\ccccc3=C)cc2)c1. The zero-order chi connectivity index (χ0) is 43.7. The smallest absolute Gasteiger partial charge is 0.0783 e. The number of benzene rings is 8. The maximum Gasteiger partial charge on any atom is 0.0783 e. The van der Waals surface area contributed by atoms with E-state index in [9.17, 15) is 0 Å². The normalized spacial score (nSPS) is 13.9. The Kier molecular flexibility index (Phi) is 12.8. The monoisotopic (exact) mass is 809 g/mol. The summed E-state index contributed by atoms with van der Waals surface area (Å²) < 4.78 is 0. The second kappa shape index (κ2) is 19.2. The predicted molar refractivity (Wildman–Crippen MR) is 270 cm³/mol. The minimum absolute atomic E-state index is 0.893. The first-order chi connectivity index (χ1) is 30.8. The van der Waals surface area contributed by atoms with Crippen LogP contribution in [-0.2, 0) is 0 Å². The van der Waals surface area contributed by atoms with Gasteiger partial charge in [-0.05, 0) is 126 Å². The van der Waals surface area contributed by atoms with Gasteiger partial charge in [0.05, 0.1) is 5.70 Å². The Hall–Kier alpha value is -7.87. The standard InChI is InChI=1S/C62H51N/c1-7-55(49-27-14-10-15-28-49)60-34-22-20-32-58(60)44(4)52-40-53(45(5)59-33-21-23-35-61(59)56(8-2)50-29-16-11-17-30-50)42-54(41-52)48-36-38-51(39-37-48)62(57-31-19-18-24-43(57)3)63-46(6)47-25-12-9-13-26-47/h7-42H,1-3H2,4-6H3/b58-44+,59-45+,60-55+,61-56+,62-57-,63-46?. The van der Waals surface area contributed by atoms with Crippen molar-refractivity contribution < 1.29 is 0 Å². The van der Waals surface area contributed by atoms with E-state index in [1.54, 1.807) is 0 Å². The Morgan fingerprint density at radius 3 is 1.21 bits per heavy atom. The minimum atomic E-state index is 0.893. The van der Waals surface area contributed by atoms with Gasteiger partial charge in [0.15, 0.2) is 0 Å². The third-order valence-corrected chi connectivity index (χ3v) is 11.9. The number of hydrogen-bond donors (Lipinski definition) is 0. The average molecular weight is 810 g/mol. The quantitative estimate of drug-likeness (QED) is 0.122. The summed E-state index contributed by atoms with van der Waals surface area (Å²) >= 11 is 0. The van der Waals surface area contributed by atoms with Crippen molar-refractivity contribution >= 4 is 40.3 Å². The molecule has 0 aromatic heterocycles. The number of hydrogen-bond acceptors (Lipinski definition) is 1. The van der Waals surface area contributed by atoms with E-state index in [4.69, 9.17) is 4.99 Å². The van der Waals surface area contributed by atoms with Crippen molar-refractivity contribution in [1.82, 2.24) is 0 Å². The topological polar surface area (TPSA) is 12.4 Å². The zero-order valence-electron chi connectivity index (χ0n) is 36.4. The molecule has 8 aromatic carbocycles. The van der Waals surface area contributed by atoms with Gasteiger partial charge in [-0.1, -0.05) is 220 Å². The van der Waals surface area contributed by atoms with Crippen molar-refractivity contribution in [3.8, 4) is 11.1 Å². The van der Waals surface area contributed by atoms with Crippen LogP contribution in [0, 0.1) is 0 Å². The molecule has 0 heterocycles. The second-order valence-corrected chi connectivity index (χ2v) is 15.8. The molecule has 0 amide bonds. The van der Waals surface area contributed by atoms with Gasteiger partial charge in [0.1, 0.15) is 0 Å². The first kappa shape index (κ1) is 41.8. The molecule has 0 fully saturated rings. The largest absolute Gasteiger partial charge is 0.252 e. The van der Waals surface area contributed by atoms with Gasteiger partial charge in [-0.2, -0.15) is 0 Å². The van der Waals surface area contributed by atoms with Gasteiger partial charge < -0.3 is 0 Å².